The number of benzene rings is 2. The van der Waals surface area contributed by atoms with Crippen molar-refractivity contribution in [3.05, 3.63) is 59.1 Å². The number of hydrogen-bond donors (Lipinski definition) is 0. The monoisotopic (exact) mass is 468 g/mol. The molecule has 2 aromatic rings. The lowest BCUT2D eigenvalue weighted by atomic mass is 10.2. The molecule has 2 aromatic carbocycles. The predicted octanol–water partition coefficient (Wildman–Crippen LogP) is 3.05. The Morgan fingerprint density at radius 2 is 1.24 bits per heavy atom. The second-order valence-corrected chi connectivity index (χ2v) is 10.5. The van der Waals surface area contributed by atoms with Crippen LogP contribution in [0.2, 0.25) is 5.02 Å². The number of halogens is 4. The van der Waals surface area contributed by atoms with Gasteiger partial charge >= 0.3 is 6.18 Å². The van der Waals surface area contributed by atoms with Crippen LogP contribution in [0.1, 0.15) is 5.56 Å². The molecule has 0 saturated carbocycles. The van der Waals surface area contributed by atoms with E-state index in [4.69, 9.17) is 11.6 Å². The highest BCUT2D eigenvalue weighted by Crippen LogP contribution is 2.35. The molecule has 0 aromatic heterocycles. The Labute approximate surface area is 171 Å². The Balaban J connectivity index is 1.81. The van der Waals surface area contributed by atoms with Gasteiger partial charge in [-0.05, 0) is 36.4 Å². The quantitative estimate of drug-likeness (QED) is 0.691. The number of rotatable bonds is 4. The van der Waals surface area contributed by atoms with Crippen molar-refractivity contribution in [2.75, 3.05) is 26.2 Å². The standard InChI is InChI=1S/C17H16ClF3N2O4S2/c18-13-5-7-14(8-6-13)28(24,25)22-9-11-23(12-10-22)29(26,27)16-4-2-1-3-15(16)17(19,20)21/h1-8H,9-12H2. The molecule has 1 aliphatic heterocycles. The molecule has 0 N–H and O–H groups in total. The summed E-state index contributed by atoms with van der Waals surface area (Å²) in [5, 5.41) is 0.364. The molecule has 0 aliphatic carbocycles. The second kappa shape index (κ2) is 7.88. The third-order valence-electron chi connectivity index (χ3n) is 4.46. The summed E-state index contributed by atoms with van der Waals surface area (Å²) in [5.74, 6) is 0. The third-order valence-corrected chi connectivity index (χ3v) is 8.58. The summed E-state index contributed by atoms with van der Waals surface area (Å²) >= 11 is 5.76. The molecule has 6 nitrogen and oxygen atoms in total. The van der Waals surface area contributed by atoms with Crippen LogP contribution in [0.4, 0.5) is 13.2 Å². The lowest BCUT2D eigenvalue weighted by Gasteiger charge is -2.33. The molecular weight excluding hydrogens is 453 g/mol. The molecule has 1 saturated heterocycles. The molecule has 0 bridgehead atoms. The highest BCUT2D eigenvalue weighted by Gasteiger charge is 2.40. The smallest absolute Gasteiger partial charge is 0.207 e. The number of alkyl halides is 3. The van der Waals surface area contributed by atoms with Gasteiger partial charge in [0.2, 0.25) is 20.0 Å². The van der Waals surface area contributed by atoms with Crippen LogP contribution in [0.5, 0.6) is 0 Å². The minimum absolute atomic E-state index is 0.000578. The summed E-state index contributed by atoms with van der Waals surface area (Å²) in [6.07, 6.45) is -4.83. The molecule has 29 heavy (non-hydrogen) atoms. The van der Waals surface area contributed by atoms with E-state index in [1.807, 2.05) is 0 Å². The van der Waals surface area contributed by atoms with E-state index in [9.17, 15) is 30.0 Å². The maximum Gasteiger partial charge on any atom is 0.417 e. The lowest BCUT2D eigenvalue weighted by molar-refractivity contribution is -0.139. The van der Waals surface area contributed by atoms with Gasteiger partial charge in [0.15, 0.2) is 0 Å². The first-order valence-electron chi connectivity index (χ1n) is 8.36. The average Bonchev–Trinajstić information content (AvgIpc) is 2.68. The minimum Gasteiger partial charge on any atom is -0.207 e. The van der Waals surface area contributed by atoms with E-state index in [1.165, 1.54) is 30.3 Å². The number of hydrogen-bond acceptors (Lipinski definition) is 4. The molecule has 158 valence electrons. The minimum atomic E-state index is -4.83. The molecule has 0 unspecified atom stereocenters. The Morgan fingerprint density at radius 1 is 0.759 bits per heavy atom. The molecule has 1 fully saturated rings. The number of piperazine rings is 1. The van der Waals surface area contributed by atoms with Gasteiger partial charge in [-0.15, -0.1) is 0 Å². The van der Waals surface area contributed by atoms with Crippen molar-refractivity contribution in [2.24, 2.45) is 0 Å². The maximum absolute atomic E-state index is 13.2. The lowest BCUT2D eigenvalue weighted by Crippen LogP contribution is -2.50. The van der Waals surface area contributed by atoms with Gasteiger partial charge in [0.1, 0.15) is 0 Å². The van der Waals surface area contributed by atoms with Crippen LogP contribution in [0.25, 0.3) is 0 Å². The van der Waals surface area contributed by atoms with Crippen molar-refractivity contribution in [1.82, 2.24) is 8.61 Å². The van der Waals surface area contributed by atoms with Gasteiger partial charge in [0.25, 0.3) is 0 Å². The molecule has 1 aliphatic rings. The summed E-state index contributed by atoms with van der Waals surface area (Å²) in [5.41, 5.74) is -1.25. The molecule has 0 spiro atoms. The van der Waals surface area contributed by atoms with E-state index >= 15 is 0 Å². The summed E-state index contributed by atoms with van der Waals surface area (Å²) in [4.78, 5) is -0.845. The van der Waals surface area contributed by atoms with Crippen LogP contribution in [-0.2, 0) is 26.2 Å². The van der Waals surface area contributed by atoms with E-state index in [-0.39, 0.29) is 31.1 Å². The van der Waals surface area contributed by atoms with Crippen LogP contribution in [0, 0.1) is 0 Å². The Morgan fingerprint density at radius 3 is 1.76 bits per heavy atom. The van der Waals surface area contributed by atoms with E-state index in [1.54, 1.807) is 0 Å². The highest BCUT2D eigenvalue weighted by molar-refractivity contribution is 7.89. The zero-order valence-electron chi connectivity index (χ0n) is 14.8. The van der Waals surface area contributed by atoms with Crippen LogP contribution in [0.15, 0.2) is 58.3 Å². The van der Waals surface area contributed by atoms with Crippen LogP contribution < -0.4 is 0 Å². The fourth-order valence-corrected chi connectivity index (χ4v) is 6.15. The molecule has 0 atom stereocenters. The van der Waals surface area contributed by atoms with Crippen molar-refractivity contribution in [1.29, 1.82) is 0 Å². The van der Waals surface area contributed by atoms with E-state index in [2.05, 4.69) is 0 Å². The summed E-state index contributed by atoms with van der Waals surface area (Å²) in [7, 11) is -8.31. The average molecular weight is 469 g/mol. The second-order valence-electron chi connectivity index (χ2n) is 6.26. The van der Waals surface area contributed by atoms with Crippen LogP contribution in [0.3, 0.4) is 0 Å². The zero-order valence-corrected chi connectivity index (χ0v) is 17.2. The van der Waals surface area contributed by atoms with Crippen molar-refractivity contribution in [3.8, 4) is 0 Å². The third kappa shape index (κ3) is 4.43. The normalized spacial score (nSPS) is 17.4. The predicted molar refractivity (Wildman–Crippen MR) is 100 cm³/mol. The summed E-state index contributed by atoms with van der Waals surface area (Å²) in [6, 6.07) is 9.43. The maximum atomic E-state index is 13.2. The highest BCUT2D eigenvalue weighted by atomic mass is 35.5. The van der Waals surface area contributed by atoms with Gasteiger partial charge < -0.3 is 0 Å². The van der Waals surface area contributed by atoms with Gasteiger partial charge in [0, 0.05) is 31.2 Å². The molecule has 1 heterocycles. The van der Waals surface area contributed by atoms with Crippen molar-refractivity contribution in [3.63, 3.8) is 0 Å². The van der Waals surface area contributed by atoms with E-state index in [0.29, 0.717) is 11.1 Å². The molecular formula is C17H16ClF3N2O4S2. The Bertz CT molecular complexity index is 1100. The Kier molecular flexibility index (Phi) is 5.98. The van der Waals surface area contributed by atoms with Gasteiger partial charge in [0.05, 0.1) is 15.4 Å². The van der Waals surface area contributed by atoms with Crippen molar-refractivity contribution < 1.29 is 30.0 Å². The molecule has 0 amide bonds. The SMILES string of the molecule is O=S(=O)(c1ccc(Cl)cc1)N1CCN(S(=O)(=O)c2ccccc2C(F)(F)F)CC1. The zero-order chi connectivity index (χ0) is 21.4. The van der Waals surface area contributed by atoms with Gasteiger partial charge in [-0.3, -0.25) is 0 Å². The first-order valence-corrected chi connectivity index (χ1v) is 11.6. The number of nitrogens with zero attached hydrogens (tertiary/aromatic N) is 2. The van der Waals surface area contributed by atoms with E-state index in [0.717, 1.165) is 20.7 Å². The topological polar surface area (TPSA) is 74.8 Å². The fraction of sp³-hybridized carbons (Fsp3) is 0.294. The van der Waals surface area contributed by atoms with Crippen molar-refractivity contribution in [2.45, 2.75) is 16.0 Å². The van der Waals surface area contributed by atoms with Crippen LogP contribution >= 0.6 is 11.6 Å². The first kappa shape index (κ1) is 22.0. The number of sulfonamides is 2. The van der Waals surface area contributed by atoms with E-state index < -0.39 is 36.7 Å². The van der Waals surface area contributed by atoms with Crippen LogP contribution in [-0.4, -0.2) is 51.6 Å². The first-order chi connectivity index (χ1) is 13.4. The van der Waals surface area contributed by atoms with Gasteiger partial charge in [-0.25, -0.2) is 16.8 Å². The van der Waals surface area contributed by atoms with Gasteiger partial charge in [-0.1, -0.05) is 23.7 Å². The summed E-state index contributed by atoms with van der Waals surface area (Å²) < 4.78 is 92.4. The molecule has 0 radical (unpaired) electrons. The van der Waals surface area contributed by atoms with Gasteiger partial charge in [-0.2, -0.15) is 21.8 Å². The molecule has 3 rings (SSSR count). The summed E-state index contributed by atoms with van der Waals surface area (Å²) in [6.45, 7) is -0.889. The molecule has 12 heteroatoms. The van der Waals surface area contributed by atoms with Crippen molar-refractivity contribution >= 4 is 31.6 Å². The Hall–Kier alpha value is -1.66. The largest absolute Gasteiger partial charge is 0.417 e. The fourth-order valence-electron chi connectivity index (χ4n) is 2.97.